The van der Waals surface area contributed by atoms with Gasteiger partial charge in [-0.2, -0.15) is 4.98 Å². The van der Waals surface area contributed by atoms with Crippen LogP contribution in [0.2, 0.25) is 0 Å². The highest BCUT2D eigenvalue weighted by Crippen LogP contribution is 2.41. The lowest BCUT2D eigenvalue weighted by molar-refractivity contribution is 0.0673. The Hall–Kier alpha value is -3.94. The smallest absolute Gasteiger partial charge is 0.316 e. The van der Waals surface area contributed by atoms with Crippen molar-refractivity contribution in [1.29, 1.82) is 0 Å². The summed E-state index contributed by atoms with van der Waals surface area (Å²) in [5.74, 6) is 0.900. The number of hydrogen-bond donors (Lipinski definition) is 0. The van der Waals surface area contributed by atoms with Gasteiger partial charge in [-0.15, -0.1) is 0 Å². The lowest BCUT2D eigenvalue weighted by Gasteiger charge is -2.35. The van der Waals surface area contributed by atoms with Crippen LogP contribution >= 0.6 is 0 Å². The molecule has 1 unspecified atom stereocenters. The minimum Gasteiger partial charge on any atom is -0.481 e. The topological polar surface area (TPSA) is 82.3 Å². The van der Waals surface area contributed by atoms with E-state index in [1.54, 1.807) is 6.20 Å². The SMILES string of the molecule is O=C1c2c(OCc3ccccc3)c(=O)nc(C(C3CCCC3)n3ccc4cccnc43)n2CCN1C1CC1. The maximum absolute atomic E-state index is 13.9. The zero-order chi connectivity index (χ0) is 25.6. The lowest BCUT2D eigenvalue weighted by Crippen LogP contribution is -2.45. The minimum atomic E-state index is -0.472. The van der Waals surface area contributed by atoms with Crippen LogP contribution in [0, 0.1) is 5.92 Å². The Labute approximate surface area is 220 Å². The zero-order valence-electron chi connectivity index (χ0n) is 21.3. The van der Waals surface area contributed by atoms with Crippen LogP contribution in [0.5, 0.6) is 5.75 Å². The summed E-state index contributed by atoms with van der Waals surface area (Å²) in [7, 11) is 0. The van der Waals surface area contributed by atoms with E-state index in [4.69, 9.17) is 4.74 Å². The summed E-state index contributed by atoms with van der Waals surface area (Å²) in [4.78, 5) is 38.9. The van der Waals surface area contributed by atoms with Crippen molar-refractivity contribution in [2.45, 2.75) is 63.8 Å². The number of pyridine rings is 1. The van der Waals surface area contributed by atoms with E-state index >= 15 is 0 Å². The maximum atomic E-state index is 13.9. The fourth-order valence-electron chi connectivity index (χ4n) is 6.30. The van der Waals surface area contributed by atoms with Gasteiger partial charge < -0.3 is 18.8 Å². The summed E-state index contributed by atoms with van der Waals surface area (Å²) < 4.78 is 10.3. The van der Waals surface area contributed by atoms with Crippen LogP contribution in [0.25, 0.3) is 11.0 Å². The summed E-state index contributed by atoms with van der Waals surface area (Å²) in [5, 5.41) is 1.05. The molecule has 2 saturated carbocycles. The van der Waals surface area contributed by atoms with Crippen molar-refractivity contribution >= 4 is 16.9 Å². The Kier molecular flexibility index (Phi) is 5.75. The number of benzene rings is 1. The summed E-state index contributed by atoms with van der Waals surface area (Å²) in [6.45, 7) is 1.42. The molecule has 8 heteroatoms. The van der Waals surface area contributed by atoms with E-state index in [0.29, 0.717) is 30.5 Å². The van der Waals surface area contributed by atoms with Crippen molar-refractivity contribution in [2.75, 3.05) is 6.54 Å². The van der Waals surface area contributed by atoms with Gasteiger partial charge in [0, 0.05) is 36.9 Å². The second-order valence-electron chi connectivity index (χ2n) is 10.7. The molecule has 38 heavy (non-hydrogen) atoms. The zero-order valence-corrected chi connectivity index (χ0v) is 21.3. The first-order valence-electron chi connectivity index (χ1n) is 13.7. The average Bonchev–Trinajstić information content (AvgIpc) is 3.47. The Morgan fingerprint density at radius 2 is 1.76 bits per heavy atom. The molecule has 1 atom stereocenters. The molecule has 7 rings (SSSR count). The molecular formula is C30H31N5O3. The first-order chi connectivity index (χ1) is 18.7. The molecule has 2 fully saturated rings. The Balaban J connectivity index is 1.39. The molecular weight excluding hydrogens is 478 g/mol. The first-order valence-corrected chi connectivity index (χ1v) is 13.7. The highest BCUT2D eigenvalue weighted by Gasteiger charge is 2.41. The Bertz CT molecular complexity index is 1550. The number of ether oxygens (including phenoxy) is 1. The molecule has 0 radical (unpaired) electrons. The van der Waals surface area contributed by atoms with E-state index < -0.39 is 5.56 Å². The third kappa shape index (κ3) is 3.99. The van der Waals surface area contributed by atoms with Crippen molar-refractivity contribution in [1.82, 2.24) is 24.0 Å². The molecule has 0 spiro atoms. The van der Waals surface area contributed by atoms with Gasteiger partial charge in [-0.1, -0.05) is 43.2 Å². The van der Waals surface area contributed by atoms with E-state index in [2.05, 4.69) is 32.9 Å². The number of rotatable bonds is 7. The highest BCUT2D eigenvalue weighted by molar-refractivity contribution is 5.96. The van der Waals surface area contributed by atoms with Gasteiger partial charge in [0.25, 0.3) is 5.91 Å². The Morgan fingerprint density at radius 1 is 0.947 bits per heavy atom. The van der Waals surface area contributed by atoms with Crippen molar-refractivity contribution < 1.29 is 9.53 Å². The first kappa shape index (κ1) is 23.2. The van der Waals surface area contributed by atoms with Crippen molar-refractivity contribution in [3.05, 3.63) is 88.4 Å². The Morgan fingerprint density at radius 3 is 2.55 bits per heavy atom. The van der Waals surface area contributed by atoms with Crippen LogP contribution in [0.4, 0.5) is 0 Å². The number of nitrogens with zero attached hydrogens (tertiary/aromatic N) is 5. The van der Waals surface area contributed by atoms with Crippen LogP contribution in [0.15, 0.2) is 65.7 Å². The number of amides is 1. The molecule has 8 nitrogen and oxygen atoms in total. The highest BCUT2D eigenvalue weighted by atomic mass is 16.5. The quantitative estimate of drug-likeness (QED) is 0.365. The summed E-state index contributed by atoms with van der Waals surface area (Å²) >= 11 is 0. The molecule has 0 N–H and O–H groups in total. The lowest BCUT2D eigenvalue weighted by atomic mass is 9.96. The van der Waals surface area contributed by atoms with Crippen LogP contribution in [0.1, 0.15) is 66.4 Å². The fourth-order valence-corrected chi connectivity index (χ4v) is 6.30. The van der Waals surface area contributed by atoms with E-state index in [-0.39, 0.29) is 30.3 Å². The standard InChI is InChI=1S/C30H31N5O3/c36-29-26(38-19-20-7-2-1-3-8-20)25-30(37)33(23-12-13-23)17-18-35(25)28(32-29)24(21-9-4-5-10-21)34-16-14-22-11-6-15-31-27(22)34/h1-3,6-8,11,14-16,21,23-24H,4-5,9-10,12-13,17-19H2. The van der Waals surface area contributed by atoms with Crippen LogP contribution < -0.4 is 10.3 Å². The monoisotopic (exact) mass is 509 g/mol. The van der Waals surface area contributed by atoms with Gasteiger partial charge >= 0.3 is 5.56 Å². The van der Waals surface area contributed by atoms with Gasteiger partial charge in [-0.05, 0) is 55.4 Å². The van der Waals surface area contributed by atoms with Crippen LogP contribution in [-0.4, -0.2) is 42.5 Å². The molecule has 194 valence electrons. The molecule has 4 aromatic rings. The predicted molar refractivity (Wildman–Crippen MR) is 143 cm³/mol. The maximum Gasteiger partial charge on any atom is 0.316 e. The van der Waals surface area contributed by atoms with Gasteiger partial charge in [-0.3, -0.25) is 9.59 Å². The van der Waals surface area contributed by atoms with Crippen LogP contribution in [0.3, 0.4) is 0 Å². The van der Waals surface area contributed by atoms with Gasteiger partial charge in [-0.25, -0.2) is 4.98 Å². The summed E-state index contributed by atoms with van der Waals surface area (Å²) in [5.41, 5.74) is 1.69. The third-order valence-electron chi connectivity index (χ3n) is 8.30. The molecule has 0 saturated heterocycles. The second-order valence-corrected chi connectivity index (χ2v) is 10.7. The van der Waals surface area contributed by atoms with Gasteiger partial charge in [0.1, 0.15) is 18.1 Å². The van der Waals surface area contributed by atoms with E-state index in [1.165, 1.54) is 0 Å². The number of carbonyl (C=O) groups is 1. The van der Waals surface area contributed by atoms with E-state index in [0.717, 1.165) is 55.1 Å². The number of aromatic nitrogens is 4. The normalized spacial score (nSPS) is 18.6. The molecule has 2 aliphatic carbocycles. The molecule has 4 heterocycles. The van der Waals surface area contributed by atoms with E-state index in [1.807, 2.05) is 45.9 Å². The summed E-state index contributed by atoms with van der Waals surface area (Å²) in [6, 6.07) is 15.8. The van der Waals surface area contributed by atoms with Crippen molar-refractivity contribution in [2.24, 2.45) is 5.92 Å². The molecule has 0 bridgehead atoms. The largest absolute Gasteiger partial charge is 0.481 e. The second kappa shape index (κ2) is 9.42. The third-order valence-corrected chi connectivity index (χ3v) is 8.30. The molecule has 1 aromatic carbocycles. The predicted octanol–water partition coefficient (Wildman–Crippen LogP) is 4.57. The minimum absolute atomic E-state index is 0.0635. The summed E-state index contributed by atoms with van der Waals surface area (Å²) in [6.07, 6.45) is 10.3. The molecule has 3 aliphatic rings. The number of hydrogen-bond acceptors (Lipinski definition) is 5. The molecule has 1 amide bonds. The van der Waals surface area contributed by atoms with E-state index in [9.17, 15) is 9.59 Å². The number of carbonyl (C=O) groups excluding carboxylic acids is 1. The van der Waals surface area contributed by atoms with Gasteiger partial charge in [0.05, 0.1) is 6.04 Å². The van der Waals surface area contributed by atoms with Crippen LogP contribution in [-0.2, 0) is 13.2 Å². The van der Waals surface area contributed by atoms with Gasteiger partial charge in [0.15, 0.2) is 5.69 Å². The van der Waals surface area contributed by atoms with Crippen molar-refractivity contribution in [3.63, 3.8) is 0 Å². The number of fused-ring (bicyclic) bond motifs is 2. The van der Waals surface area contributed by atoms with Crippen molar-refractivity contribution in [3.8, 4) is 5.75 Å². The fraction of sp³-hybridized carbons (Fsp3) is 0.400. The molecule has 3 aromatic heterocycles. The molecule has 1 aliphatic heterocycles. The average molecular weight is 510 g/mol. The van der Waals surface area contributed by atoms with Gasteiger partial charge in [0.2, 0.25) is 5.75 Å².